The summed E-state index contributed by atoms with van der Waals surface area (Å²) >= 11 is 0. The Balaban J connectivity index is 2.22. The van der Waals surface area contributed by atoms with Crippen LogP contribution >= 0.6 is 0 Å². The number of hydrogen-bond donors (Lipinski definition) is 1. The first-order valence-corrected chi connectivity index (χ1v) is 10.3. The Morgan fingerprint density at radius 3 is 2.06 bits per heavy atom. The van der Waals surface area contributed by atoms with Crippen LogP contribution < -0.4 is 9.62 Å². The molecular formula is C21H17F5N2O2S. The molecule has 1 N–H and O–H groups in total. The number of rotatable bonds is 5. The quantitative estimate of drug-likeness (QED) is 0.515. The fraction of sp³-hybridized carbons (Fsp3) is 0.143. The van der Waals surface area contributed by atoms with E-state index >= 15 is 0 Å². The molecule has 0 fully saturated rings. The van der Waals surface area contributed by atoms with Crippen LogP contribution in [0.15, 0.2) is 65.6 Å². The number of benzene rings is 3. The molecule has 0 spiro atoms. The summed E-state index contributed by atoms with van der Waals surface area (Å²) in [4.78, 5) is 0.549. The summed E-state index contributed by atoms with van der Waals surface area (Å²) in [5, 5.41) is 0. The topological polar surface area (TPSA) is 49.4 Å². The second kappa shape index (κ2) is 8.18. The Morgan fingerprint density at radius 2 is 1.48 bits per heavy atom. The van der Waals surface area contributed by atoms with Crippen molar-refractivity contribution < 1.29 is 30.4 Å². The molecule has 0 aliphatic rings. The van der Waals surface area contributed by atoms with Gasteiger partial charge in [-0.05, 0) is 42.0 Å². The first-order chi connectivity index (χ1) is 14.4. The van der Waals surface area contributed by atoms with Gasteiger partial charge >= 0.3 is 6.18 Å². The Hall–Kier alpha value is -3.14. The van der Waals surface area contributed by atoms with Crippen molar-refractivity contribution in [3.63, 3.8) is 0 Å². The number of hydrogen-bond acceptors (Lipinski definition) is 3. The van der Waals surface area contributed by atoms with Gasteiger partial charge in [0.2, 0.25) is 0 Å². The smallest absolute Gasteiger partial charge is 0.377 e. The fourth-order valence-corrected chi connectivity index (χ4v) is 4.29. The number of sulfonamides is 1. The zero-order chi connectivity index (χ0) is 23.0. The van der Waals surface area contributed by atoms with Crippen molar-refractivity contribution in [3.8, 4) is 11.1 Å². The van der Waals surface area contributed by atoms with Crippen LogP contribution in [0.5, 0.6) is 0 Å². The monoisotopic (exact) mass is 456 g/mol. The minimum Gasteiger partial charge on any atom is -0.377 e. The zero-order valence-corrected chi connectivity index (χ0v) is 17.2. The standard InChI is InChI=1S/C21H17F5N2O2S/c1-28(2)19-9-8-13(10-16(19)21(24,25)26)15-11-17(22)18(23)12-20(15)31(29,30)27-14-6-4-3-5-7-14/h3-12,27H,1-2H3. The Labute approximate surface area is 176 Å². The average Bonchev–Trinajstić information content (AvgIpc) is 2.69. The molecule has 3 aromatic rings. The van der Waals surface area contributed by atoms with E-state index in [2.05, 4.69) is 4.72 Å². The Kier molecular flexibility index (Phi) is 5.95. The van der Waals surface area contributed by atoms with Gasteiger partial charge in [-0.2, -0.15) is 13.2 Å². The molecule has 0 unspecified atom stereocenters. The predicted octanol–water partition coefficient (Wildman–Crippen LogP) is 5.52. The molecule has 0 bridgehead atoms. The zero-order valence-electron chi connectivity index (χ0n) is 16.3. The molecule has 0 saturated carbocycles. The Morgan fingerprint density at radius 1 is 0.871 bits per heavy atom. The van der Waals surface area contributed by atoms with Crippen molar-refractivity contribution in [3.05, 3.63) is 77.9 Å². The van der Waals surface area contributed by atoms with Crippen molar-refractivity contribution >= 4 is 21.4 Å². The van der Waals surface area contributed by atoms with Gasteiger partial charge in [0.15, 0.2) is 11.6 Å². The molecule has 0 aromatic heterocycles. The largest absolute Gasteiger partial charge is 0.418 e. The second-order valence-electron chi connectivity index (χ2n) is 6.86. The third-order valence-electron chi connectivity index (χ3n) is 4.43. The van der Waals surface area contributed by atoms with Crippen molar-refractivity contribution in [1.29, 1.82) is 0 Å². The highest BCUT2D eigenvalue weighted by atomic mass is 32.2. The predicted molar refractivity (Wildman–Crippen MR) is 108 cm³/mol. The van der Waals surface area contributed by atoms with Gasteiger partial charge in [0.25, 0.3) is 10.0 Å². The third-order valence-corrected chi connectivity index (χ3v) is 5.85. The highest BCUT2D eigenvalue weighted by Crippen LogP contribution is 2.40. The lowest BCUT2D eigenvalue weighted by atomic mass is 10.0. The van der Waals surface area contributed by atoms with E-state index in [1.165, 1.54) is 37.2 Å². The number of nitrogens with one attached hydrogen (secondary N) is 1. The van der Waals surface area contributed by atoms with E-state index in [9.17, 15) is 30.4 Å². The van der Waals surface area contributed by atoms with E-state index in [0.717, 1.165) is 6.07 Å². The number of anilines is 2. The van der Waals surface area contributed by atoms with Crippen LogP contribution in [0.2, 0.25) is 0 Å². The van der Waals surface area contributed by atoms with Crippen LogP contribution in [0.1, 0.15) is 5.56 Å². The highest BCUT2D eigenvalue weighted by Gasteiger charge is 2.35. The van der Waals surface area contributed by atoms with Crippen molar-refractivity contribution in [2.45, 2.75) is 11.1 Å². The van der Waals surface area contributed by atoms with Crippen LogP contribution in [-0.2, 0) is 16.2 Å². The normalized spacial score (nSPS) is 12.0. The Bertz CT molecular complexity index is 1210. The molecule has 0 aliphatic heterocycles. The van der Waals surface area contributed by atoms with Crippen molar-refractivity contribution in [2.75, 3.05) is 23.7 Å². The molecule has 4 nitrogen and oxygen atoms in total. The SMILES string of the molecule is CN(C)c1ccc(-c2cc(F)c(F)cc2S(=O)(=O)Nc2ccccc2)cc1C(F)(F)F. The molecule has 31 heavy (non-hydrogen) atoms. The van der Waals surface area contributed by atoms with Gasteiger partial charge in [0.1, 0.15) is 0 Å². The highest BCUT2D eigenvalue weighted by molar-refractivity contribution is 7.92. The van der Waals surface area contributed by atoms with Gasteiger partial charge in [0.05, 0.1) is 10.5 Å². The number of para-hydroxylation sites is 1. The number of nitrogens with zero attached hydrogens (tertiary/aromatic N) is 1. The van der Waals surface area contributed by atoms with Gasteiger partial charge in [-0.1, -0.05) is 24.3 Å². The lowest BCUT2D eigenvalue weighted by molar-refractivity contribution is -0.137. The molecule has 0 amide bonds. The van der Waals surface area contributed by atoms with Crippen molar-refractivity contribution in [2.24, 2.45) is 0 Å². The van der Waals surface area contributed by atoms with Gasteiger partial charge in [0, 0.05) is 31.0 Å². The molecular weight excluding hydrogens is 439 g/mol. The third kappa shape index (κ3) is 4.79. The molecule has 0 aliphatic carbocycles. The van der Waals surface area contributed by atoms with Gasteiger partial charge in [-0.3, -0.25) is 4.72 Å². The summed E-state index contributed by atoms with van der Waals surface area (Å²) in [6.07, 6.45) is -4.75. The van der Waals surface area contributed by atoms with E-state index in [-0.39, 0.29) is 16.9 Å². The summed E-state index contributed by atoms with van der Waals surface area (Å²) in [5.41, 5.74) is -1.69. The van der Waals surface area contributed by atoms with Crippen LogP contribution in [0.4, 0.5) is 33.3 Å². The minimum absolute atomic E-state index is 0.150. The molecule has 3 aromatic carbocycles. The maximum Gasteiger partial charge on any atom is 0.418 e. The molecule has 0 heterocycles. The molecule has 164 valence electrons. The lowest BCUT2D eigenvalue weighted by Gasteiger charge is -2.21. The fourth-order valence-electron chi connectivity index (χ4n) is 3.01. The van der Waals surface area contributed by atoms with Crippen LogP contribution in [0.25, 0.3) is 11.1 Å². The van der Waals surface area contributed by atoms with E-state index < -0.39 is 43.9 Å². The summed E-state index contributed by atoms with van der Waals surface area (Å²) < 4.78 is 96.6. The summed E-state index contributed by atoms with van der Waals surface area (Å²) in [6, 6.07) is 11.7. The summed E-state index contributed by atoms with van der Waals surface area (Å²) in [7, 11) is -1.62. The number of alkyl halides is 3. The maximum atomic E-state index is 14.0. The first-order valence-electron chi connectivity index (χ1n) is 8.86. The van der Waals surface area contributed by atoms with Gasteiger partial charge in [-0.25, -0.2) is 17.2 Å². The van der Waals surface area contributed by atoms with Crippen molar-refractivity contribution in [1.82, 2.24) is 0 Å². The first kappa shape index (κ1) is 22.5. The molecule has 0 saturated heterocycles. The van der Waals surface area contributed by atoms with E-state index in [1.54, 1.807) is 18.2 Å². The van der Waals surface area contributed by atoms with Crippen LogP contribution in [0.3, 0.4) is 0 Å². The number of halogens is 5. The maximum absolute atomic E-state index is 14.0. The van der Waals surface area contributed by atoms with Gasteiger partial charge in [-0.15, -0.1) is 0 Å². The molecule has 10 heteroatoms. The van der Waals surface area contributed by atoms with Crippen LogP contribution in [0, 0.1) is 11.6 Å². The molecule has 0 radical (unpaired) electrons. The summed E-state index contributed by atoms with van der Waals surface area (Å²) in [6.45, 7) is 0. The van der Waals surface area contributed by atoms with Gasteiger partial charge < -0.3 is 4.90 Å². The van der Waals surface area contributed by atoms with E-state index in [0.29, 0.717) is 18.2 Å². The van der Waals surface area contributed by atoms with E-state index in [1.807, 2.05) is 0 Å². The second-order valence-corrected chi connectivity index (χ2v) is 8.51. The lowest BCUT2D eigenvalue weighted by Crippen LogP contribution is -2.17. The average molecular weight is 456 g/mol. The molecule has 3 rings (SSSR count). The molecule has 0 atom stereocenters. The summed E-state index contributed by atoms with van der Waals surface area (Å²) in [5.74, 6) is -2.84. The van der Waals surface area contributed by atoms with E-state index in [4.69, 9.17) is 0 Å². The minimum atomic E-state index is -4.75. The van der Waals surface area contributed by atoms with Crippen LogP contribution in [-0.4, -0.2) is 22.5 Å².